The third-order valence-electron chi connectivity index (χ3n) is 5.03. The second kappa shape index (κ2) is 7.94. The molecule has 0 radical (unpaired) electrons. The number of rotatable bonds is 3. The van der Waals surface area contributed by atoms with E-state index in [0.29, 0.717) is 49.8 Å². The number of carbonyl (C=O) groups is 1. The number of anilines is 1. The molecule has 1 amide bonds. The van der Waals surface area contributed by atoms with Crippen molar-refractivity contribution in [3.63, 3.8) is 0 Å². The summed E-state index contributed by atoms with van der Waals surface area (Å²) < 4.78 is 30.2. The van der Waals surface area contributed by atoms with Gasteiger partial charge in [0.2, 0.25) is 0 Å². The van der Waals surface area contributed by atoms with E-state index in [-0.39, 0.29) is 17.3 Å². The van der Waals surface area contributed by atoms with E-state index < -0.39 is 5.82 Å². The second-order valence-electron chi connectivity index (χ2n) is 6.89. The van der Waals surface area contributed by atoms with E-state index in [1.54, 1.807) is 36.1 Å². The zero-order chi connectivity index (χ0) is 20.4. The van der Waals surface area contributed by atoms with E-state index in [1.165, 1.54) is 22.9 Å². The molecule has 0 aliphatic carbocycles. The number of amides is 1. The van der Waals surface area contributed by atoms with Gasteiger partial charge in [-0.15, -0.1) is 5.10 Å². The molecule has 4 rings (SSSR count). The lowest BCUT2D eigenvalue weighted by Crippen LogP contribution is -2.35. The highest BCUT2D eigenvalue weighted by Crippen LogP contribution is 2.22. The molecule has 0 atom stereocenters. The predicted octanol–water partition coefficient (Wildman–Crippen LogP) is 2.60. The number of benzene rings is 2. The largest absolute Gasteiger partial charge is 0.367 e. The van der Waals surface area contributed by atoms with Crippen molar-refractivity contribution < 1.29 is 13.6 Å². The predicted molar refractivity (Wildman–Crippen MR) is 103 cm³/mol. The molecule has 0 bridgehead atoms. The first-order chi connectivity index (χ1) is 14.0. The number of nitrogens with zero attached hydrogens (tertiary/aromatic N) is 6. The number of carbonyl (C=O) groups excluding carboxylic acids is 1. The molecular formula is C20H20F2N6O. The lowest BCUT2D eigenvalue weighted by molar-refractivity contribution is 0.0762. The van der Waals surface area contributed by atoms with Gasteiger partial charge < -0.3 is 9.80 Å². The molecule has 1 aliphatic rings. The summed E-state index contributed by atoms with van der Waals surface area (Å²) in [6.07, 6.45) is 0.670. The Hall–Kier alpha value is -3.36. The van der Waals surface area contributed by atoms with Crippen molar-refractivity contribution in [2.24, 2.45) is 0 Å². The molecule has 1 aromatic heterocycles. The van der Waals surface area contributed by atoms with Crippen molar-refractivity contribution in [1.29, 1.82) is 0 Å². The zero-order valence-electron chi connectivity index (χ0n) is 15.9. The summed E-state index contributed by atoms with van der Waals surface area (Å²) in [7, 11) is 0. The third kappa shape index (κ3) is 3.80. The minimum Gasteiger partial charge on any atom is -0.367 e. The SMILES string of the molecule is Cc1nnnn1-c1ccc(C(=O)N2CCCN(c3ccccc3F)CC2)c(F)c1. The Kier molecular flexibility index (Phi) is 5.20. The van der Waals surface area contributed by atoms with Gasteiger partial charge in [0.15, 0.2) is 5.82 Å². The fraction of sp³-hybridized carbons (Fsp3) is 0.300. The van der Waals surface area contributed by atoms with E-state index in [4.69, 9.17) is 0 Å². The molecule has 0 N–H and O–H groups in total. The lowest BCUT2D eigenvalue weighted by Gasteiger charge is -2.24. The minimum atomic E-state index is -0.627. The molecule has 1 fully saturated rings. The van der Waals surface area contributed by atoms with Gasteiger partial charge in [-0.3, -0.25) is 4.79 Å². The van der Waals surface area contributed by atoms with Crippen molar-refractivity contribution in [2.75, 3.05) is 31.1 Å². The molecule has 1 saturated heterocycles. The molecule has 7 nitrogen and oxygen atoms in total. The molecule has 29 heavy (non-hydrogen) atoms. The van der Waals surface area contributed by atoms with Crippen LogP contribution in [-0.2, 0) is 0 Å². The number of aromatic nitrogens is 4. The van der Waals surface area contributed by atoms with E-state index in [1.807, 2.05) is 4.90 Å². The van der Waals surface area contributed by atoms with E-state index in [0.717, 1.165) is 0 Å². The van der Waals surface area contributed by atoms with Gasteiger partial charge in [0, 0.05) is 32.2 Å². The maximum Gasteiger partial charge on any atom is 0.256 e. The minimum absolute atomic E-state index is 0.00109. The smallest absolute Gasteiger partial charge is 0.256 e. The average Bonchev–Trinajstić information content (AvgIpc) is 2.99. The highest BCUT2D eigenvalue weighted by atomic mass is 19.1. The molecule has 0 spiro atoms. The Morgan fingerprint density at radius 1 is 1.00 bits per heavy atom. The van der Waals surface area contributed by atoms with Crippen LogP contribution in [0.25, 0.3) is 5.69 Å². The standard InChI is InChI=1S/C20H20F2N6O/c1-14-23-24-25-28(14)15-7-8-16(18(22)13-15)20(29)27-10-4-9-26(11-12-27)19-6-3-2-5-17(19)21/h2-3,5-8,13H,4,9-12H2,1H3. The van der Waals surface area contributed by atoms with Gasteiger partial charge in [0.25, 0.3) is 5.91 Å². The van der Waals surface area contributed by atoms with E-state index in [2.05, 4.69) is 15.5 Å². The van der Waals surface area contributed by atoms with Crippen LogP contribution in [0.1, 0.15) is 22.6 Å². The number of tetrazole rings is 1. The van der Waals surface area contributed by atoms with Crippen LogP contribution in [0.15, 0.2) is 42.5 Å². The van der Waals surface area contributed by atoms with Gasteiger partial charge >= 0.3 is 0 Å². The molecule has 1 aliphatic heterocycles. The topological polar surface area (TPSA) is 67.2 Å². The molecule has 9 heteroatoms. The zero-order valence-corrected chi connectivity index (χ0v) is 15.9. The van der Waals surface area contributed by atoms with Crippen LogP contribution in [0.2, 0.25) is 0 Å². The highest BCUT2D eigenvalue weighted by Gasteiger charge is 2.24. The summed E-state index contributed by atoms with van der Waals surface area (Å²) in [5, 5.41) is 11.1. The van der Waals surface area contributed by atoms with Crippen molar-refractivity contribution in [2.45, 2.75) is 13.3 Å². The van der Waals surface area contributed by atoms with Crippen molar-refractivity contribution in [1.82, 2.24) is 25.1 Å². The maximum absolute atomic E-state index is 14.7. The number of hydrogen-bond donors (Lipinski definition) is 0. The first-order valence-corrected chi connectivity index (χ1v) is 9.38. The Morgan fingerprint density at radius 3 is 2.55 bits per heavy atom. The molecule has 150 valence electrons. The molecule has 3 aromatic rings. The van der Waals surface area contributed by atoms with Gasteiger partial charge in [0.1, 0.15) is 11.6 Å². The summed E-state index contributed by atoms with van der Waals surface area (Å²) in [5.41, 5.74) is 0.969. The van der Waals surface area contributed by atoms with Crippen LogP contribution in [0, 0.1) is 18.6 Å². The number of aryl methyl sites for hydroxylation is 1. The van der Waals surface area contributed by atoms with Crippen molar-refractivity contribution in [3.8, 4) is 5.69 Å². The number of para-hydroxylation sites is 1. The molecule has 0 unspecified atom stereocenters. The first kappa shape index (κ1) is 19.0. The van der Waals surface area contributed by atoms with E-state index in [9.17, 15) is 13.6 Å². The first-order valence-electron chi connectivity index (χ1n) is 9.38. The maximum atomic E-state index is 14.7. The summed E-state index contributed by atoms with van der Waals surface area (Å²) >= 11 is 0. The van der Waals surface area contributed by atoms with Crippen LogP contribution in [0.5, 0.6) is 0 Å². The number of hydrogen-bond acceptors (Lipinski definition) is 5. The Labute approximate surface area is 166 Å². The summed E-state index contributed by atoms with van der Waals surface area (Å²) in [5.74, 6) is -0.772. The third-order valence-corrected chi connectivity index (χ3v) is 5.03. The Bertz CT molecular complexity index is 1040. The molecule has 0 saturated carbocycles. The monoisotopic (exact) mass is 398 g/mol. The molecular weight excluding hydrogens is 378 g/mol. The molecule has 2 aromatic carbocycles. The van der Waals surface area contributed by atoms with Crippen LogP contribution in [0.4, 0.5) is 14.5 Å². The van der Waals surface area contributed by atoms with Crippen LogP contribution in [0.3, 0.4) is 0 Å². The number of halogens is 2. The van der Waals surface area contributed by atoms with Gasteiger partial charge in [-0.2, -0.15) is 4.68 Å². The van der Waals surface area contributed by atoms with Gasteiger partial charge in [0.05, 0.1) is 16.9 Å². The van der Waals surface area contributed by atoms with E-state index >= 15 is 0 Å². The quantitative estimate of drug-likeness (QED) is 0.679. The van der Waals surface area contributed by atoms with Crippen molar-refractivity contribution in [3.05, 3.63) is 65.5 Å². The van der Waals surface area contributed by atoms with Crippen LogP contribution in [-0.4, -0.2) is 57.2 Å². The highest BCUT2D eigenvalue weighted by molar-refractivity contribution is 5.94. The Balaban J connectivity index is 1.50. The fourth-order valence-corrected chi connectivity index (χ4v) is 3.52. The second-order valence-corrected chi connectivity index (χ2v) is 6.89. The fourth-order valence-electron chi connectivity index (χ4n) is 3.52. The van der Waals surface area contributed by atoms with Crippen LogP contribution >= 0.6 is 0 Å². The van der Waals surface area contributed by atoms with Crippen LogP contribution < -0.4 is 4.90 Å². The normalized spacial score (nSPS) is 14.7. The average molecular weight is 398 g/mol. The van der Waals surface area contributed by atoms with Gasteiger partial charge in [-0.1, -0.05) is 12.1 Å². The van der Waals surface area contributed by atoms with Gasteiger partial charge in [-0.05, 0) is 48.0 Å². The van der Waals surface area contributed by atoms with Gasteiger partial charge in [-0.25, -0.2) is 8.78 Å². The summed E-state index contributed by atoms with van der Waals surface area (Å²) in [6, 6.07) is 10.9. The summed E-state index contributed by atoms with van der Waals surface area (Å²) in [6.45, 7) is 3.69. The lowest BCUT2D eigenvalue weighted by atomic mass is 10.1. The van der Waals surface area contributed by atoms with Crippen molar-refractivity contribution >= 4 is 11.6 Å². The summed E-state index contributed by atoms with van der Waals surface area (Å²) in [4.78, 5) is 16.4. The molecule has 2 heterocycles. The Morgan fingerprint density at radius 2 is 1.83 bits per heavy atom.